The van der Waals surface area contributed by atoms with Crippen LogP contribution in [0.1, 0.15) is 38.4 Å². The van der Waals surface area contributed by atoms with Crippen molar-refractivity contribution < 1.29 is 0 Å². The minimum atomic E-state index is 0.452. The van der Waals surface area contributed by atoms with E-state index < -0.39 is 0 Å². The van der Waals surface area contributed by atoms with Gasteiger partial charge in [0.25, 0.3) is 0 Å². The predicted molar refractivity (Wildman–Crippen MR) is 89.6 cm³/mol. The average molecular weight is 326 g/mol. The van der Waals surface area contributed by atoms with Crippen LogP contribution in [0.2, 0.25) is 10.0 Å². The quantitative estimate of drug-likeness (QED) is 0.839. The number of hydrogen-bond donors (Lipinski definition) is 1. The molecule has 1 aromatic carbocycles. The van der Waals surface area contributed by atoms with Crippen LogP contribution in [0.15, 0.2) is 24.4 Å². The Labute approximate surface area is 136 Å². The first-order valence-electron chi connectivity index (χ1n) is 7.27. The van der Waals surface area contributed by atoms with Crippen LogP contribution in [-0.2, 0) is 13.0 Å². The lowest BCUT2D eigenvalue weighted by atomic mass is 10.1. The second-order valence-electron chi connectivity index (χ2n) is 5.41. The molecule has 0 aliphatic heterocycles. The van der Waals surface area contributed by atoms with Gasteiger partial charge in [-0.25, -0.2) is 4.68 Å². The van der Waals surface area contributed by atoms with Gasteiger partial charge >= 0.3 is 0 Å². The van der Waals surface area contributed by atoms with Crippen molar-refractivity contribution in [1.29, 1.82) is 0 Å². The van der Waals surface area contributed by atoms with Crippen molar-refractivity contribution in [3.8, 4) is 5.69 Å². The standard InChI is InChI=1S/C16H21Cl2N3/c1-4-5-16-12(9-19-11(2)3)10-20-21(16)13-6-7-14(17)15(18)8-13/h6-8,10-11,19H,4-5,9H2,1-3H3. The SMILES string of the molecule is CCCc1c(CNC(C)C)cnn1-c1ccc(Cl)c(Cl)c1. The highest BCUT2D eigenvalue weighted by molar-refractivity contribution is 6.42. The van der Waals surface area contributed by atoms with Gasteiger partial charge in [0, 0.05) is 23.8 Å². The topological polar surface area (TPSA) is 29.9 Å². The fraction of sp³-hybridized carbons (Fsp3) is 0.438. The molecular weight excluding hydrogens is 305 g/mol. The molecule has 0 amide bonds. The zero-order valence-electron chi connectivity index (χ0n) is 12.7. The molecule has 0 radical (unpaired) electrons. The Morgan fingerprint density at radius 2 is 2.00 bits per heavy atom. The summed E-state index contributed by atoms with van der Waals surface area (Å²) in [5.74, 6) is 0. The van der Waals surface area contributed by atoms with Crippen LogP contribution in [0, 0.1) is 0 Å². The molecule has 114 valence electrons. The van der Waals surface area contributed by atoms with Crippen LogP contribution in [0.4, 0.5) is 0 Å². The molecular formula is C16H21Cl2N3. The maximum Gasteiger partial charge on any atom is 0.0664 e. The van der Waals surface area contributed by atoms with Gasteiger partial charge in [-0.1, -0.05) is 50.4 Å². The highest BCUT2D eigenvalue weighted by Gasteiger charge is 2.12. The number of hydrogen-bond acceptors (Lipinski definition) is 2. The van der Waals surface area contributed by atoms with Gasteiger partial charge in [0.2, 0.25) is 0 Å². The fourth-order valence-corrected chi connectivity index (χ4v) is 2.50. The third kappa shape index (κ3) is 4.00. The Morgan fingerprint density at radius 3 is 2.62 bits per heavy atom. The number of halogens is 2. The van der Waals surface area contributed by atoms with Gasteiger partial charge < -0.3 is 5.32 Å². The Balaban J connectivity index is 2.36. The maximum atomic E-state index is 6.12. The molecule has 0 aliphatic carbocycles. The van der Waals surface area contributed by atoms with E-state index in [4.69, 9.17) is 23.2 Å². The van der Waals surface area contributed by atoms with E-state index in [-0.39, 0.29) is 0 Å². The Kier molecular flexibility index (Phi) is 5.68. The van der Waals surface area contributed by atoms with Crippen molar-refractivity contribution in [2.75, 3.05) is 0 Å². The summed E-state index contributed by atoms with van der Waals surface area (Å²) in [6, 6.07) is 6.06. The lowest BCUT2D eigenvalue weighted by Gasteiger charge is -2.11. The Bertz CT molecular complexity index is 606. The van der Waals surface area contributed by atoms with Gasteiger partial charge in [-0.15, -0.1) is 0 Å². The fourth-order valence-electron chi connectivity index (χ4n) is 2.21. The summed E-state index contributed by atoms with van der Waals surface area (Å²) >= 11 is 12.1. The largest absolute Gasteiger partial charge is 0.310 e. The molecule has 0 aliphatic rings. The normalized spacial score (nSPS) is 11.3. The molecule has 1 heterocycles. The molecule has 0 unspecified atom stereocenters. The molecule has 5 heteroatoms. The molecule has 0 saturated carbocycles. The third-order valence-electron chi connectivity index (χ3n) is 3.29. The molecule has 0 atom stereocenters. The zero-order chi connectivity index (χ0) is 15.4. The zero-order valence-corrected chi connectivity index (χ0v) is 14.2. The molecule has 1 N–H and O–H groups in total. The average Bonchev–Trinajstić information content (AvgIpc) is 2.83. The molecule has 21 heavy (non-hydrogen) atoms. The summed E-state index contributed by atoms with van der Waals surface area (Å²) in [7, 11) is 0. The highest BCUT2D eigenvalue weighted by atomic mass is 35.5. The Morgan fingerprint density at radius 1 is 1.24 bits per heavy atom. The maximum absolute atomic E-state index is 6.12. The van der Waals surface area contributed by atoms with Crippen LogP contribution in [0.3, 0.4) is 0 Å². The molecule has 2 rings (SSSR count). The summed E-state index contributed by atoms with van der Waals surface area (Å²) in [5.41, 5.74) is 3.41. The van der Waals surface area contributed by atoms with Crippen molar-refractivity contribution in [2.45, 2.75) is 46.2 Å². The molecule has 0 saturated heterocycles. The van der Waals surface area contributed by atoms with E-state index in [0.29, 0.717) is 16.1 Å². The van der Waals surface area contributed by atoms with Crippen LogP contribution in [-0.4, -0.2) is 15.8 Å². The van der Waals surface area contributed by atoms with Crippen LogP contribution < -0.4 is 5.32 Å². The van der Waals surface area contributed by atoms with Gasteiger partial charge in [0.1, 0.15) is 0 Å². The first kappa shape index (κ1) is 16.3. The number of rotatable bonds is 6. The van der Waals surface area contributed by atoms with Gasteiger partial charge in [0.05, 0.1) is 21.9 Å². The van der Waals surface area contributed by atoms with Crippen LogP contribution in [0.25, 0.3) is 5.69 Å². The third-order valence-corrected chi connectivity index (χ3v) is 4.03. The minimum Gasteiger partial charge on any atom is -0.310 e. The number of benzene rings is 1. The van der Waals surface area contributed by atoms with E-state index in [2.05, 4.69) is 31.2 Å². The van der Waals surface area contributed by atoms with E-state index in [0.717, 1.165) is 25.1 Å². The number of aromatic nitrogens is 2. The van der Waals surface area contributed by atoms with Crippen molar-refractivity contribution in [3.05, 3.63) is 45.7 Å². The Hall–Kier alpha value is -1.03. The summed E-state index contributed by atoms with van der Waals surface area (Å²) in [5, 5.41) is 9.09. The molecule has 3 nitrogen and oxygen atoms in total. The van der Waals surface area contributed by atoms with Crippen molar-refractivity contribution in [2.24, 2.45) is 0 Å². The van der Waals surface area contributed by atoms with Crippen molar-refractivity contribution >= 4 is 23.2 Å². The highest BCUT2D eigenvalue weighted by Crippen LogP contribution is 2.26. The second kappa shape index (κ2) is 7.30. The lowest BCUT2D eigenvalue weighted by molar-refractivity contribution is 0.585. The molecule has 0 fully saturated rings. The van der Waals surface area contributed by atoms with E-state index in [1.807, 2.05) is 29.1 Å². The monoisotopic (exact) mass is 325 g/mol. The van der Waals surface area contributed by atoms with E-state index >= 15 is 0 Å². The first-order valence-corrected chi connectivity index (χ1v) is 8.03. The van der Waals surface area contributed by atoms with Gasteiger partial charge in [0.15, 0.2) is 0 Å². The van der Waals surface area contributed by atoms with Gasteiger partial charge in [-0.2, -0.15) is 5.10 Å². The van der Waals surface area contributed by atoms with Crippen molar-refractivity contribution in [1.82, 2.24) is 15.1 Å². The number of nitrogens with one attached hydrogen (secondary N) is 1. The summed E-state index contributed by atoms with van der Waals surface area (Å²) in [6.45, 7) is 7.28. The van der Waals surface area contributed by atoms with Gasteiger partial charge in [-0.05, 0) is 24.6 Å². The predicted octanol–water partition coefficient (Wildman–Crippen LogP) is 4.63. The van der Waals surface area contributed by atoms with Crippen LogP contribution in [0.5, 0.6) is 0 Å². The summed E-state index contributed by atoms with van der Waals surface area (Å²) < 4.78 is 1.96. The van der Waals surface area contributed by atoms with E-state index in [1.54, 1.807) is 0 Å². The van der Waals surface area contributed by atoms with Crippen molar-refractivity contribution in [3.63, 3.8) is 0 Å². The van der Waals surface area contributed by atoms with Gasteiger partial charge in [-0.3, -0.25) is 0 Å². The first-order chi connectivity index (χ1) is 10.0. The molecule has 0 spiro atoms. The molecule has 2 aromatic rings. The second-order valence-corrected chi connectivity index (χ2v) is 6.23. The summed E-state index contributed by atoms with van der Waals surface area (Å²) in [4.78, 5) is 0. The van der Waals surface area contributed by atoms with E-state index in [9.17, 15) is 0 Å². The summed E-state index contributed by atoms with van der Waals surface area (Å²) in [6.07, 6.45) is 3.99. The smallest absolute Gasteiger partial charge is 0.0664 e. The van der Waals surface area contributed by atoms with E-state index in [1.165, 1.54) is 11.3 Å². The minimum absolute atomic E-state index is 0.452. The molecule has 1 aromatic heterocycles. The molecule has 0 bridgehead atoms. The lowest BCUT2D eigenvalue weighted by Crippen LogP contribution is -2.22. The number of nitrogens with zero attached hydrogens (tertiary/aromatic N) is 2. The van der Waals surface area contributed by atoms with Crippen LogP contribution >= 0.6 is 23.2 Å².